The van der Waals surface area contributed by atoms with E-state index in [2.05, 4.69) is 15.1 Å². The van der Waals surface area contributed by atoms with Crippen molar-refractivity contribution in [2.75, 3.05) is 0 Å². The molecule has 4 aromatic rings. The van der Waals surface area contributed by atoms with Crippen molar-refractivity contribution < 1.29 is 4.39 Å². The molecule has 2 aromatic carbocycles. The number of aromatic nitrogens is 4. The van der Waals surface area contributed by atoms with E-state index in [0.29, 0.717) is 22.1 Å². The highest BCUT2D eigenvalue weighted by Crippen LogP contribution is 2.41. The number of benzene rings is 2. The summed E-state index contributed by atoms with van der Waals surface area (Å²) in [5.74, 6) is 0.527. The maximum Gasteiger partial charge on any atom is 0.254 e. The van der Waals surface area contributed by atoms with Gasteiger partial charge in [0.05, 0.1) is 10.6 Å². The first-order valence-corrected chi connectivity index (χ1v) is 9.39. The maximum absolute atomic E-state index is 14.6. The predicted molar refractivity (Wildman–Crippen MR) is 102 cm³/mol. The molecule has 26 heavy (non-hydrogen) atoms. The number of rotatable bonds is 4. The third-order valence-electron chi connectivity index (χ3n) is 3.77. The van der Waals surface area contributed by atoms with Crippen LogP contribution in [0, 0.1) is 5.82 Å². The second-order valence-corrected chi connectivity index (χ2v) is 7.15. The normalized spacial score (nSPS) is 11.2. The fourth-order valence-corrected chi connectivity index (χ4v) is 4.26. The van der Waals surface area contributed by atoms with Crippen LogP contribution in [0.2, 0.25) is 10.2 Å². The summed E-state index contributed by atoms with van der Waals surface area (Å²) in [5, 5.41) is 5.24. The third-order valence-corrected chi connectivity index (χ3v) is 5.49. The van der Waals surface area contributed by atoms with E-state index < -0.39 is 5.82 Å². The van der Waals surface area contributed by atoms with E-state index in [1.807, 2.05) is 30.3 Å². The number of nitrogens with zero attached hydrogens (tertiary/aromatic N) is 4. The monoisotopic (exact) mass is 404 g/mol. The van der Waals surface area contributed by atoms with Gasteiger partial charge in [0.15, 0.2) is 0 Å². The fourth-order valence-electron chi connectivity index (χ4n) is 2.60. The van der Waals surface area contributed by atoms with E-state index >= 15 is 0 Å². The van der Waals surface area contributed by atoms with E-state index in [4.69, 9.17) is 23.2 Å². The quantitative estimate of drug-likeness (QED) is 0.331. The minimum Gasteiger partial charge on any atom is -0.206 e. The van der Waals surface area contributed by atoms with Crippen LogP contribution < -0.4 is 0 Å². The Hall–Kier alpha value is -2.15. The third kappa shape index (κ3) is 3.16. The molecule has 0 fully saturated rings. The van der Waals surface area contributed by atoms with Gasteiger partial charge in [0.25, 0.3) is 5.78 Å². The summed E-state index contributed by atoms with van der Waals surface area (Å²) in [6, 6.07) is 14.4. The minimum atomic E-state index is -0.470. The topological polar surface area (TPSA) is 43.1 Å². The lowest BCUT2D eigenvalue weighted by atomic mass is 10.1. The lowest BCUT2D eigenvalue weighted by Gasteiger charge is -2.14. The van der Waals surface area contributed by atoms with Crippen molar-refractivity contribution in [2.24, 2.45) is 0 Å². The van der Waals surface area contributed by atoms with Crippen LogP contribution in [0.1, 0.15) is 5.56 Å². The van der Waals surface area contributed by atoms with Crippen molar-refractivity contribution in [3.8, 4) is 11.1 Å². The maximum atomic E-state index is 14.6. The molecule has 4 nitrogen and oxygen atoms in total. The predicted octanol–water partition coefficient (Wildman–Crippen LogP) is 5.53. The van der Waals surface area contributed by atoms with E-state index in [-0.39, 0.29) is 15.7 Å². The number of halogens is 3. The molecule has 0 spiro atoms. The van der Waals surface area contributed by atoms with E-state index in [1.165, 1.54) is 24.2 Å². The van der Waals surface area contributed by atoms with Gasteiger partial charge in [-0.2, -0.15) is 19.6 Å². The molecule has 0 bridgehead atoms. The molecular weight excluding hydrogens is 394 g/mol. The molecule has 0 amide bonds. The van der Waals surface area contributed by atoms with Crippen LogP contribution in [0.15, 0.2) is 59.9 Å². The highest BCUT2D eigenvalue weighted by Gasteiger charge is 2.22. The largest absolute Gasteiger partial charge is 0.254 e. The van der Waals surface area contributed by atoms with Gasteiger partial charge in [-0.3, -0.25) is 0 Å². The second kappa shape index (κ2) is 7.23. The molecule has 0 aliphatic carbocycles. The molecule has 0 atom stereocenters. The lowest BCUT2D eigenvalue weighted by molar-refractivity contribution is 0.630. The highest BCUT2D eigenvalue weighted by molar-refractivity contribution is 7.98. The standard InChI is InChI=1S/C18H11Cl2FN4S/c19-12-7-4-8-13(21)14(12)15-16(20)24-18-22-10-23-25(18)17(15)26-9-11-5-2-1-3-6-11/h1-8,10H,9H2. The van der Waals surface area contributed by atoms with Crippen molar-refractivity contribution in [3.63, 3.8) is 0 Å². The van der Waals surface area contributed by atoms with E-state index in [9.17, 15) is 4.39 Å². The average Bonchev–Trinajstić information content (AvgIpc) is 3.09. The zero-order chi connectivity index (χ0) is 18.1. The zero-order valence-electron chi connectivity index (χ0n) is 13.2. The number of hydrogen-bond acceptors (Lipinski definition) is 4. The summed E-state index contributed by atoms with van der Waals surface area (Å²) in [6.07, 6.45) is 1.39. The van der Waals surface area contributed by atoms with Crippen molar-refractivity contribution in [2.45, 2.75) is 10.8 Å². The molecule has 4 rings (SSSR count). The van der Waals surface area contributed by atoms with E-state index in [0.717, 1.165) is 5.56 Å². The Morgan fingerprint density at radius 1 is 1.00 bits per heavy atom. The van der Waals surface area contributed by atoms with Crippen LogP contribution in [-0.2, 0) is 5.75 Å². The Labute approximate surface area is 163 Å². The molecule has 0 radical (unpaired) electrons. The number of thioether (sulfide) groups is 1. The first kappa shape index (κ1) is 17.3. The summed E-state index contributed by atoms with van der Waals surface area (Å²) < 4.78 is 16.1. The Morgan fingerprint density at radius 3 is 2.58 bits per heavy atom. The second-order valence-electron chi connectivity index (χ2n) is 5.43. The zero-order valence-corrected chi connectivity index (χ0v) is 15.6. The molecule has 0 aliphatic rings. The Morgan fingerprint density at radius 2 is 1.81 bits per heavy atom. The molecular formula is C18H11Cl2FN4S. The van der Waals surface area contributed by atoms with Gasteiger partial charge in [-0.15, -0.1) is 11.8 Å². The minimum absolute atomic E-state index is 0.132. The number of hydrogen-bond donors (Lipinski definition) is 0. The lowest BCUT2D eigenvalue weighted by Crippen LogP contribution is -2.02. The fraction of sp³-hybridized carbons (Fsp3) is 0.0556. The van der Waals surface area contributed by atoms with Crippen molar-refractivity contribution in [1.82, 2.24) is 19.6 Å². The van der Waals surface area contributed by atoms with Gasteiger partial charge in [-0.1, -0.05) is 59.6 Å². The van der Waals surface area contributed by atoms with Crippen LogP contribution in [0.25, 0.3) is 16.9 Å². The molecule has 0 N–H and O–H groups in total. The summed E-state index contributed by atoms with van der Waals surface area (Å²) in [5.41, 5.74) is 1.73. The van der Waals surface area contributed by atoms with Crippen LogP contribution in [0.5, 0.6) is 0 Å². The molecule has 0 saturated heterocycles. The van der Waals surface area contributed by atoms with Gasteiger partial charge in [-0.05, 0) is 17.7 Å². The Balaban J connectivity index is 1.90. The van der Waals surface area contributed by atoms with Gasteiger partial charge in [0, 0.05) is 11.3 Å². The molecule has 130 valence electrons. The average molecular weight is 405 g/mol. The summed E-state index contributed by atoms with van der Waals surface area (Å²) in [4.78, 5) is 8.32. The van der Waals surface area contributed by atoms with Crippen LogP contribution in [0.4, 0.5) is 4.39 Å². The van der Waals surface area contributed by atoms with Crippen LogP contribution in [0.3, 0.4) is 0 Å². The van der Waals surface area contributed by atoms with Crippen molar-refractivity contribution >= 4 is 40.7 Å². The molecule has 0 unspecified atom stereocenters. The molecule has 2 aromatic heterocycles. The van der Waals surface area contributed by atoms with E-state index in [1.54, 1.807) is 16.6 Å². The van der Waals surface area contributed by atoms with Gasteiger partial charge in [0.2, 0.25) is 0 Å². The molecule has 2 heterocycles. The molecule has 0 aliphatic heterocycles. The van der Waals surface area contributed by atoms with Crippen LogP contribution >= 0.6 is 35.0 Å². The summed E-state index contributed by atoms with van der Waals surface area (Å²) in [6.45, 7) is 0. The van der Waals surface area contributed by atoms with Crippen molar-refractivity contribution in [3.05, 3.63) is 76.4 Å². The van der Waals surface area contributed by atoms with Gasteiger partial charge >= 0.3 is 0 Å². The molecule has 0 saturated carbocycles. The Bertz CT molecular complexity index is 1070. The summed E-state index contributed by atoms with van der Waals surface area (Å²) >= 11 is 14.1. The van der Waals surface area contributed by atoms with Gasteiger partial charge in [-0.25, -0.2) is 4.39 Å². The Kier molecular flexibility index (Phi) is 4.80. The SMILES string of the molecule is Fc1cccc(Cl)c1-c1c(Cl)nc2ncnn2c1SCc1ccccc1. The van der Waals surface area contributed by atoms with Crippen LogP contribution in [-0.4, -0.2) is 19.6 Å². The molecule has 8 heteroatoms. The highest BCUT2D eigenvalue weighted by atomic mass is 35.5. The first-order valence-electron chi connectivity index (χ1n) is 7.65. The first-order chi connectivity index (χ1) is 12.6. The van der Waals surface area contributed by atoms with Crippen molar-refractivity contribution in [1.29, 1.82) is 0 Å². The number of fused-ring (bicyclic) bond motifs is 1. The smallest absolute Gasteiger partial charge is 0.206 e. The van der Waals surface area contributed by atoms with Gasteiger partial charge in [0.1, 0.15) is 22.3 Å². The van der Waals surface area contributed by atoms with Gasteiger partial charge < -0.3 is 0 Å². The summed E-state index contributed by atoms with van der Waals surface area (Å²) in [7, 11) is 0.